The number of benzene rings is 1. The quantitative estimate of drug-likeness (QED) is 0.849. The molecular weight excluding hydrogens is 230 g/mol. The number of aromatic hydroxyl groups is 1. The van der Waals surface area contributed by atoms with Crippen LogP contribution in [0.25, 0.3) is 11.5 Å². The largest absolute Gasteiger partial charge is 0.508 e. The number of nitrogens with zero attached hydrogens (tertiary/aromatic N) is 2. The molecule has 0 saturated carbocycles. The van der Waals surface area contributed by atoms with Gasteiger partial charge in [0, 0.05) is 5.56 Å². The second-order valence-electron chi connectivity index (χ2n) is 4.51. The fourth-order valence-corrected chi connectivity index (χ4v) is 2.17. The summed E-state index contributed by atoms with van der Waals surface area (Å²) in [4.78, 5) is 4.41. The summed E-state index contributed by atoms with van der Waals surface area (Å²) in [7, 11) is 0. The molecule has 0 bridgehead atoms. The van der Waals surface area contributed by atoms with Crippen molar-refractivity contribution in [3.63, 3.8) is 0 Å². The molecule has 1 unspecified atom stereocenters. The molecule has 0 aliphatic carbocycles. The van der Waals surface area contributed by atoms with Crippen molar-refractivity contribution < 1.29 is 9.63 Å². The van der Waals surface area contributed by atoms with Gasteiger partial charge in [-0.3, -0.25) is 0 Å². The summed E-state index contributed by atoms with van der Waals surface area (Å²) in [6, 6.07) is 6.95. The van der Waals surface area contributed by atoms with E-state index in [1.54, 1.807) is 24.3 Å². The van der Waals surface area contributed by atoms with Crippen molar-refractivity contribution in [3.8, 4) is 17.2 Å². The van der Waals surface area contributed by atoms with Gasteiger partial charge in [0.15, 0.2) is 5.82 Å². The van der Waals surface area contributed by atoms with Gasteiger partial charge in [-0.1, -0.05) is 11.6 Å². The zero-order valence-electron chi connectivity index (χ0n) is 9.97. The number of nitrogens with one attached hydrogen (secondary N) is 1. The summed E-state index contributed by atoms with van der Waals surface area (Å²) in [6.45, 7) is 1.01. The first-order chi connectivity index (χ1) is 8.83. The van der Waals surface area contributed by atoms with E-state index in [4.69, 9.17) is 4.52 Å². The van der Waals surface area contributed by atoms with Crippen molar-refractivity contribution in [2.24, 2.45) is 0 Å². The van der Waals surface area contributed by atoms with E-state index in [2.05, 4.69) is 15.5 Å². The molecule has 94 valence electrons. The fourth-order valence-electron chi connectivity index (χ4n) is 2.17. The maximum Gasteiger partial charge on any atom is 0.257 e. The second-order valence-corrected chi connectivity index (χ2v) is 4.51. The Balaban J connectivity index is 1.82. The van der Waals surface area contributed by atoms with E-state index in [0.717, 1.165) is 24.4 Å². The highest BCUT2D eigenvalue weighted by Crippen LogP contribution is 2.24. The van der Waals surface area contributed by atoms with Crippen LogP contribution in [0.4, 0.5) is 0 Å². The van der Waals surface area contributed by atoms with Crippen molar-refractivity contribution in [3.05, 3.63) is 30.1 Å². The number of hydrogen-bond donors (Lipinski definition) is 2. The average molecular weight is 245 g/mol. The molecule has 5 heteroatoms. The minimum absolute atomic E-state index is 0.202. The molecule has 2 aromatic rings. The van der Waals surface area contributed by atoms with E-state index in [9.17, 15) is 5.11 Å². The van der Waals surface area contributed by atoms with Crippen LogP contribution in [0, 0.1) is 0 Å². The standard InChI is InChI=1S/C13H15N3O2/c17-10-6-4-9(5-7-10)13-15-12(16-18-13)11-3-1-2-8-14-11/h4-7,11,14,17H,1-3,8H2. The lowest BCUT2D eigenvalue weighted by atomic mass is 10.0. The summed E-state index contributed by atoms with van der Waals surface area (Å²) in [5, 5.41) is 16.6. The van der Waals surface area contributed by atoms with Gasteiger partial charge in [-0.15, -0.1) is 0 Å². The average Bonchev–Trinajstić information content (AvgIpc) is 2.90. The number of piperidine rings is 1. The Morgan fingerprint density at radius 2 is 2.06 bits per heavy atom. The Kier molecular flexibility index (Phi) is 2.98. The van der Waals surface area contributed by atoms with Crippen LogP contribution in [-0.2, 0) is 0 Å². The van der Waals surface area contributed by atoms with E-state index in [1.807, 2.05) is 0 Å². The monoisotopic (exact) mass is 245 g/mol. The highest BCUT2D eigenvalue weighted by molar-refractivity contribution is 5.54. The molecule has 2 heterocycles. The van der Waals surface area contributed by atoms with Gasteiger partial charge in [-0.2, -0.15) is 4.98 Å². The van der Waals surface area contributed by atoms with Gasteiger partial charge < -0.3 is 14.9 Å². The molecule has 1 aliphatic rings. The highest BCUT2D eigenvalue weighted by atomic mass is 16.5. The molecule has 3 rings (SSSR count). The van der Waals surface area contributed by atoms with E-state index in [0.29, 0.717) is 5.89 Å². The minimum Gasteiger partial charge on any atom is -0.508 e. The molecule has 18 heavy (non-hydrogen) atoms. The second kappa shape index (κ2) is 4.78. The summed E-state index contributed by atoms with van der Waals surface area (Å²) >= 11 is 0. The van der Waals surface area contributed by atoms with Crippen LogP contribution < -0.4 is 5.32 Å². The number of phenols is 1. The van der Waals surface area contributed by atoms with Crippen molar-refractivity contribution in [2.45, 2.75) is 25.3 Å². The Morgan fingerprint density at radius 1 is 1.22 bits per heavy atom. The lowest BCUT2D eigenvalue weighted by Crippen LogP contribution is -2.27. The molecule has 1 aromatic carbocycles. The summed E-state index contributed by atoms with van der Waals surface area (Å²) in [5.41, 5.74) is 0.822. The number of phenolic OH excluding ortho intramolecular Hbond substituents is 1. The van der Waals surface area contributed by atoms with Crippen LogP contribution in [0.1, 0.15) is 31.1 Å². The SMILES string of the molecule is Oc1ccc(-c2nc(C3CCCCN3)no2)cc1. The molecule has 0 spiro atoms. The summed E-state index contributed by atoms with van der Waals surface area (Å²) in [6.07, 6.45) is 3.45. The van der Waals surface area contributed by atoms with Gasteiger partial charge >= 0.3 is 0 Å². The van der Waals surface area contributed by atoms with Crippen LogP contribution in [0.2, 0.25) is 0 Å². The fraction of sp³-hybridized carbons (Fsp3) is 0.385. The van der Waals surface area contributed by atoms with E-state index >= 15 is 0 Å². The van der Waals surface area contributed by atoms with E-state index in [1.165, 1.54) is 12.8 Å². The minimum atomic E-state index is 0.202. The van der Waals surface area contributed by atoms with Gasteiger partial charge in [0.2, 0.25) is 0 Å². The van der Waals surface area contributed by atoms with Gasteiger partial charge in [-0.25, -0.2) is 0 Å². The van der Waals surface area contributed by atoms with Crippen molar-refractivity contribution in [1.29, 1.82) is 0 Å². The molecule has 1 fully saturated rings. The molecule has 0 radical (unpaired) electrons. The van der Waals surface area contributed by atoms with Crippen LogP contribution in [-0.4, -0.2) is 21.8 Å². The zero-order valence-corrected chi connectivity index (χ0v) is 9.97. The molecular formula is C13H15N3O2. The lowest BCUT2D eigenvalue weighted by molar-refractivity contribution is 0.367. The molecule has 1 aromatic heterocycles. The van der Waals surface area contributed by atoms with Crippen molar-refractivity contribution in [1.82, 2.24) is 15.5 Å². The van der Waals surface area contributed by atoms with E-state index in [-0.39, 0.29) is 11.8 Å². The zero-order chi connectivity index (χ0) is 12.4. The first kappa shape index (κ1) is 11.2. The van der Waals surface area contributed by atoms with Gasteiger partial charge in [-0.05, 0) is 43.7 Å². The van der Waals surface area contributed by atoms with Gasteiger partial charge in [0.05, 0.1) is 6.04 Å². The summed E-state index contributed by atoms with van der Waals surface area (Å²) < 4.78 is 5.26. The molecule has 0 amide bonds. The Bertz CT molecular complexity index is 515. The van der Waals surface area contributed by atoms with Crippen molar-refractivity contribution in [2.75, 3.05) is 6.54 Å². The van der Waals surface area contributed by atoms with Gasteiger partial charge in [0.1, 0.15) is 5.75 Å². The van der Waals surface area contributed by atoms with Crippen LogP contribution >= 0.6 is 0 Å². The van der Waals surface area contributed by atoms with Crippen LogP contribution in [0.3, 0.4) is 0 Å². The van der Waals surface area contributed by atoms with E-state index < -0.39 is 0 Å². The normalized spacial score (nSPS) is 19.9. The first-order valence-corrected chi connectivity index (χ1v) is 6.19. The lowest BCUT2D eigenvalue weighted by Gasteiger charge is -2.19. The molecule has 2 N–H and O–H groups in total. The Morgan fingerprint density at radius 3 is 2.78 bits per heavy atom. The van der Waals surface area contributed by atoms with Crippen molar-refractivity contribution >= 4 is 0 Å². The topological polar surface area (TPSA) is 71.2 Å². The predicted molar refractivity (Wildman–Crippen MR) is 66.0 cm³/mol. The molecule has 1 aliphatic heterocycles. The number of aromatic nitrogens is 2. The predicted octanol–water partition coefficient (Wildman–Crippen LogP) is 2.26. The first-order valence-electron chi connectivity index (χ1n) is 6.19. The highest BCUT2D eigenvalue weighted by Gasteiger charge is 2.20. The molecule has 1 saturated heterocycles. The maximum atomic E-state index is 9.24. The Hall–Kier alpha value is -1.88. The third-order valence-electron chi connectivity index (χ3n) is 3.18. The number of hydrogen-bond acceptors (Lipinski definition) is 5. The number of rotatable bonds is 2. The smallest absolute Gasteiger partial charge is 0.257 e. The summed E-state index contributed by atoms with van der Waals surface area (Å²) in [5.74, 6) is 1.45. The molecule has 1 atom stereocenters. The third kappa shape index (κ3) is 2.22. The molecule has 5 nitrogen and oxygen atoms in total. The maximum absolute atomic E-state index is 9.24. The Labute approximate surface area is 105 Å². The van der Waals surface area contributed by atoms with Crippen LogP contribution in [0.5, 0.6) is 5.75 Å². The third-order valence-corrected chi connectivity index (χ3v) is 3.18. The van der Waals surface area contributed by atoms with Gasteiger partial charge in [0.25, 0.3) is 5.89 Å². The van der Waals surface area contributed by atoms with Crippen LogP contribution in [0.15, 0.2) is 28.8 Å².